The third-order valence-electron chi connectivity index (χ3n) is 4.09. The van der Waals surface area contributed by atoms with E-state index in [2.05, 4.69) is 45.6 Å². The van der Waals surface area contributed by atoms with Crippen molar-refractivity contribution >= 4 is 27.3 Å². The summed E-state index contributed by atoms with van der Waals surface area (Å²) < 4.78 is 7.04. The Hall–Kier alpha value is -0.710. The second-order valence-electron chi connectivity index (χ2n) is 5.29. The minimum Gasteiger partial charge on any atom is -0.374 e. The summed E-state index contributed by atoms with van der Waals surface area (Å²) in [5, 5.41) is 3.43. The number of ether oxygens (including phenoxy) is 1. The molecule has 2 fully saturated rings. The quantitative estimate of drug-likeness (QED) is 0.799. The van der Waals surface area contributed by atoms with Crippen LogP contribution >= 0.6 is 27.3 Å². The third kappa shape index (κ3) is 2.16. The first-order valence-electron chi connectivity index (χ1n) is 6.66. The van der Waals surface area contributed by atoms with E-state index in [4.69, 9.17) is 9.72 Å². The molecule has 3 heterocycles. The van der Waals surface area contributed by atoms with Crippen LogP contribution in [0.25, 0.3) is 11.3 Å². The Morgan fingerprint density at radius 3 is 2.74 bits per heavy atom. The largest absolute Gasteiger partial charge is 0.374 e. The van der Waals surface area contributed by atoms with E-state index in [9.17, 15) is 0 Å². The lowest BCUT2D eigenvalue weighted by molar-refractivity contribution is 0.101. The van der Waals surface area contributed by atoms with Crippen molar-refractivity contribution in [2.45, 2.75) is 37.4 Å². The predicted molar refractivity (Wildman–Crippen MR) is 80.5 cm³/mol. The van der Waals surface area contributed by atoms with Crippen LogP contribution in [0.15, 0.2) is 34.1 Å². The highest BCUT2D eigenvalue weighted by Gasteiger charge is 2.42. The van der Waals surface area contributed by atoms with Crippen molar-refractivity contribution in [1.29, 1.82) is 0 Å². The molecule has 2 nitrogen and oxygen atoms in total. The van der Waals surface area contributed by atoms with Crippen LogP contribution in [-0.2, 0) is 4.74 Å². The Balaban J connectivity index is 1.61. The molecule has 0 N–H and O–H groups in total. The van der Waals surface area contributed by atoms with Crippen LogP contribution in [-0.4, -0.2) is 17.2 Å². The van der Waals surface area contributed by atoms with Gasteiger partial charge in [0.15, 0.2) is 0 Å². The third-order valence-corrected chi connectivity index (χ3v) is 5.59. The van der Waals surface area contributed by atoms with E-state index in [1.165, 1.54) is 23.4 Å². The number of thiazole rings is 1. The van der Waals surface area contributed by atoms with E-state index in [0.29, 0.717) is 18.1 Å². The predicted octanol–water partition coefficient (Wildman–Crippen LogP) is 4.61. The molecule has 2 bridgehead atoms. The molecule has 0 aliphatic carbocycles. The summed E-state index contributed by atoms with van der Waals surface area (Å²) in [7, 11) is 0. The average Bonchev–Trinajstić information content (AvgIpc) is 3.15. The van der Waals surface area contributed by atoms with E-state index in [1.54, 1.807) is 11.3 Å². The molecule has 0 amide bonds. The SMILES string of the molecule is Brc1ccc(-c2csc(C3CC4CCC3O4)n2)cc1. The maximum absolute atomic E-state index is 5.93. The summed E-state index contributed by atoms with van der Waals surface area (Å²) in [6, 6.07) is 8.35. The maximum Gasteiger partial charge on any atom is 0.0990 e. The highest BCUT2D eigenvalue weighted by Crippen LogP contribution is 2.45. The van der Waals surface area contributed by atoms with Gasteiger partial charge in [-0.25, -0.2) is 4.98 Å². The first kappa shape index (κ1) is 12.1. The number of hydrogen-bond donors (Lipinski definition) is 0. The standard InChI is InChI=1S/C15H14BrNOS/c16-10-3-1-9(2-4-10)13-8-19-15(17-13)12-7-11-5-6-14(12)18-11/h1-4,8,11-12,14H,5-7H2. The Labute approximate surface area is 125 Å². The molecule has 0 saturated carbocycles. The van der Waals surface area contributed by atoms with Crippen molar-refractivity contribution in [3.63, 3.8) is 0 Å². The lowest BCUT2D eigenvalue weighted by Crippen LogP contribution is -2.13. The van der Waals surface area contributed by atoms with E-state index < -0.39 is 0 Å². The first-order chi connectivity index (χ1) is 9.29. The number of aromatic nitrogens is 1. The van der Waals surface area contributed by atoms with Gasteiger partial charge in [-0.2, -0.15) is 0 Å². The molecule has 2 aliphatic rings. The van der Waals surface area contributed by atoms with Gasteiger partial charge in [0.05, 0.1) is 22.9 Å². The monoisotopic (exact) mass is 335 g/mol. The van der Waals surface area contributed by atoms with Gasteiger partial charge in [0, 0.05) is 21.3 Å². The Morgan fingerprint density at radius 1 is 1.21 bits per heavy atom. The van der Waals surface area contributed by atoms with Crippen LogP contribution < -0.4 is 0 Å². The van der Waals surface area contributed by atoms with Gasteiger partial charge in [-0.05, 0) is 31.4 Å². The molecule has 2 aliphatic heterocycles. The molecule has 2 saturated heterocycles. The number of halogens is 1. The molecule has 3 atom stereocenters. The molecule has 1 aromatic heterocycles. The lowest BCUT2D eigenvalue weighted by atomic mass is 9.90. The summed E-state index contributed by atoms with van der Waals surface area (Å²) >= 11 is 5.25. The molecular weight excluding hydrogens is 322 g/mol. The van der Waals surface area contributed by atoms with Gasteiger partial charge in [-0.3, -0.25) is 0 Å². The molecule has 1 aromatic carbocycles. The number of benzene rings is 1. The van der Waals surface area contributed by atoms with Crippen LogP contribution in [0.2, 0.25) is 0 Å². The molecule has 98 valence electrons. The summed E-state index contributed by atoms with van der Waals surface area (Å²) in [5.41, 5.74) is 2.28. The molecule has 19 heavy (non-hydrogen) atoms. The summed E-state index contributed by atoms with van der Waals surface area (Å²) in [4.78, 5) is 4.83. The number of fused-ring (bicyclic) bond motifs is 2. The molecule has 4 rings (SSSR count). The Morgan fingerprint density at radius 2 is 2.05 bits per heavy atom. The van der Waals surface area contributed by atoms with Crippen molar-refractivity contribution < 1.29 is 4.74 Å². The Bertz CT molecular complexity index is 594. The normalized spacial score (nSPS) is 29.0. The van der Waals surface area contributed by atoms with Crippen LogP contribution in [0.1, 0.15) is 30.2 Å². The van der Waals surface area contributed by atoms with Gasteiger partial charge in [0.1, 0.15) is 0 Å². The van der Waals surface area contributed by atoms with Crippen molar-refractivity contribution in [1.82, 2.24) is 4.98 Å². The van der Waals surface area contributed by atoms with E-state index in [0.717, 1.165) is 16.6 Å². The minimum absolute atomic E-state index is 0.425. The number of hydrogen-bond acceptors (Lipinski definition) is 3. The first-order valence-corrected chi connectivity index (χ1v) is 8.34. The fraction of sp³-hybridized carbons (Fsp3) is 0.400. The molecule has 0 spiro atoms. The molecule has 0 radical (unpaired) electrons. The van der Waals surface area contributed by atoms with Gasteiger partial charge < -0.3 is 4.74 Å². The summed E-state index contributed by atoms with van der Waals surface area (Å²) in [5.74, 6) is 0.535. The zero-order valence-corrected chi connectivity index (χ0v) is 12.8. The zero-order valence-electron chi connectivity index (χ0n) is 10.4. The van der Waals surface area contributed by atoms with Gasteiger partial charge in [0.2, 0.25) is 0 Å². The molecular formula is C15H14BrNOS. The van der Waals surface area contributed by atoms with E-state index in [-0.39, 0.29) is 0 Å². The second kappa shape index (κ2) is 4.69. The number of nitrogens with zero attached hydrogens (tertiary/aromatic N) is 1. The van der Waals surface area contributed by atoms with Crippen molar-refractivity contribution in [3.05, 3.63) is 39.1 Å². The number of rotatable bonds is 2. The van der Waals surface area contributed by atoms with Gasteiger partial charge in [-0.15, -0.1) is 11.3 Å². The molecule has 2 aromatic rings. The average molecular weight is 336 g/mol. The van der Waals surface area contributed by atoms with Gasteiger partial charge >= 0.3 is 0 Å². The van der Waals surface area contributed by atoms with E-state index in [1.807, 2.05) is 0 Å². The molecule has 3 unspecified atom stereocenters. The minimum atomic E-state index is 0.425. The van der Waals surface area contributed by atoms with E-state index >= 15 is 0 Å². The van der Waals surface area contributed by atoms with Crippen molar-refractivity contribution in [2.24, 2.45) is 0 Å². The van der Waals surface area contributed by atoms with Gasteiger partial charge in [-0.1, -0.05) is 28.1 Å². The van der Waals surface area contributed by atoms with Crippen LogP contribution in [0.5, 0.6) is 0 Å². The summed E-state index contributed by atoms with van der Waals surface area (Å²) in [6.07, 6.45) is 4.54. The van der Waals surface area contributed by atoms with Crippen LogP contribution in [0.4, 0.5) is 0 Å². The van der Waals surface area contributed by atoms with Crippen LogP contribution in [0.3, 0.4) is 0 Å². The smallest absolute Gasteiger partial charge is 0.0990 e. The zero-order chi connectivity index (χ0) is 12.8. The fourth-order valence-corrected chi connectivity index (χ4v) is 4.37. The Kier molecular flexibility index (Phi) is 2.98. The van der Waals surface area contributed by atoms with Crippen molar-refractivity contribution in [2.75, 3.05) is 0 Å². The highest BCUT2D eigenvalue weighted by atomic mass is 79.9. The molecule has 4 heteroatoms. The van der Waals surface area contributed by atoms with Crippen LogP contribution in [0, 0.1) is 0 Å². The fourth-order valence-electron chi connectivity index (χ4n) is 3.11. The highest BCUT2D eigenvalue weighted by molar-refractivity contribution is 9.10. The van der Waals surface area contributed by atoms with Gasteiger partial charge in [0.25, 0.3) is 0 Å². The second-order valence-corrected chi connectivity index (χ2v) is 7.10. The summed E-state index contributed by atoms with van der Waals surface area (Å²) in [6.45, 7) is 0. The maximum atomic E-state index is 5.93. The van der Waals surface area contributed by atoms with Crippen molar-refractivity contribution in [3.8, 4) is 11.3 Å². The topological polar surface area (TPSA) is 22.1 Å². The lowest BCUT2D eigenvalue weighted by Gasteiger charge is -2.15.